The smallest absolute Gasteiger partial charge is 0.0658 e. The predicted molar refractivity (Wildman–Crippen MR) is 67.0 cm³/mol. The maximum atomic E-state index is 9.34. The van der Waals surface area contributed by atoms with Crippen LogP contribution in [0.1, 0.15) is 51.4 Å². The van der Waals surface area contributed by atoms with Crippen LogP contribution in [0.2, 0.25) is 0 Å². The summed E-state index contributed by atoms with van der Waals surface area (Å²) in [7, 11) is 0. The van der Waals surface area contributed by atoms with Crippen LogP contribution in [0.4, 0.5) is 0 Å². The minimum absolute atomic E-state index is 0.414. The van der Waals surface area contributed by atoms with Crippen LogP contribution in [-0.2, 0) is 0 Å². The van der Waals surface area contributed by atoms with Crippen molar-refractivity contribution < 1.29 is 0 Å². The van der Waals surface area contributed by atoms with E-state index in [1.165, 1.54) is 44.9 Å². The summed E-state index contributed by atoms with van der Waals surface area (Å²) in [5.41, 5.74) is 0. The lowest BCUT2D eigenvalue weighted by Crippen LogP contribution is -2.45. The van der Waals surface area contributed by atoms with E-state index in [-0.39, 0.29) is 0 Å². The highest BCUT2D eigenvalue weighted by Gasteiger charge is 2.49. The molecular weight excluding hydrogens is 206 g/mol. The van der Waals surface area contributed by atoms with Gasteiger partial charge in [0.05, 0.1) is 6.07 Å². The van der Waals surface area contributed by atoms with E-state index in [1.807, 2.05) is 0 Å². The Morgan fingerprint density at radius 3 is 2.00 bits per heavy atom. The zero-order valence-electron chi connectivity index (χ0n) is 10.6. The van der Waals surface area contributed by atoms with Crippen molar-refractivity contribution in [3.63, 3.8) is 0 Å². The van der Waals surface area contributed by atoms with E-state index in [4.69, 9.17) is 0 Å². The molecular formula is C16H23N. The van der Waals surface area contributed by atoms with Gasteiger partial charge in [-0.05, 0) is 86.9 Å². The molecule has 1 heteroatoms. The van der Waals surface area contributed by atoms with Gasteiger partial charge in [0.1, 0.15) is 0 Å². The lowest BCUT2D eigenvalue weighted by molar-refractivity contribution is -0.0441. The Balaban J connectivity index is 1.49. The highest BCUT2D eigenvalue weighted by Crippen LogP contribution is 2.58. The SMILES string of the molecule is N#CC(CC1C2CC3CC(C2)CC1C3)C1CC1. The van der Waals surface area contributed by atoms with E-state index in [9.17, 15) is 5.26 Å². The zero-order chi connectivity index (χ0) is 11.4. The van der Waals surface area contributed by atoms with Crippen LogP contribution in [0.5, 0.6) is 0 Å². The molecule has 0 aromatic rings. The molecule has 0 aromatic heterocycles. The molecule has 17 heavy (non-hydrogen) atoms. The Morgan fingerprint density at radius 2 is 1.53 bits per heavy atom. The maximum absolute atomic E-state index is 9.34. The van der Waals surface area contributed by atoms with E-state index in [2.05, 4.69) is 6.07 Å². The standard InChI is InChI=1S/C16H23N/c17-9-15(12-1-2-12)8-16-13-4-10-3-11(6-13)7-14(16)5-10/h10-16H,1-8H2. The molecule has 1 atom stereocenters. The maximum Gasteiger partial charge on any atom is 0.0658 e. The van der Waals surface area contributed by atoms with Crippen LogP contribution in [0.25, 0.3) is 0 Å². The van der Waals surface area contributed by atoms with Crippen LogP contribution < -0.4 is 0 Å². The molecule has 92 valence electrons. The van der Waals surface area contributed by atoms with Gasteiger partial charge in [-0.25, -0.2) is 0 Å². The molecule has 0 radical (unpaired) electrons. The van der Waals surface area contributed by atoms with Crippen molar-refractivity contribution in [3.8, 4) is 6.07 Å². The molecule has 4 bridgehead atoms. The molecule has 0 N–H and O–H groups in total. The molecule has 0 amide bonds. The van der Waals surface area contributed by atoms with Crippen LogP contribution in [0, 0.1) is 52.8 Å². The number of nitrogens with zero attached hydrogens (tertiary/aromatic N) is 1. The molecule has 0 heterocycles. The third kappa shape index (κ3) is 1.72. The van der Waals surface area contributed by atoms with E-state index < -0.39 is 0 Å². The van der Waals surface area contributed by atoms with E-state index in [0.29, 0.717) is 5.92 Å². The largest absolute Gasteiger partial charge is 0.198 e. The lowest BCUT2D eigenvalue weighted by Gasteiger charge is -2.55. The quantitative estimate of drug-likeness (QED) is 0.717. The summed E-state index contributed by atoms with van der Waals surface area (Å²) in [5.74, 6) is 6.33. The van der Waals surface area contributed by atoms with Crippen molar-refractivity contribution in [3.05, 3.63) is 0 Å². The first-order chi connectivity index (χ1) is 8.33. The second-order valence-electron chi connectivity index (χ2n) is 7.40. The van der Waals surface area contributed by atoms with E-state index >= 15 is 0 Å². The van der Waals surface area contributed by atoms with Crippen molar-refractivity contribution in [2.75, 3.05) is 0 Å². The van der Waals surface area contributed by atoms with Gasteiger partial charge in [-0.15, -0.1) is 0 Å². The van der Waals surface area contributed by atoms with Gasteiger partial charge in [-0.2, -0.15) is 5.26 Å². The molecule has 5 fully saturated rings. The fourth-order valence-corrected chi connectivity index (χ4v) is 5.57. The lowest BCUT2D eigenvalue weighted by atomic mass is 9.50. The minimum atomic E-state index is 0.414. The molecule has 0 saturated heterocycles. The summed E-state index contributed by atoms with van der Waals surface area (Å²) < 4.78 is 0. The fraction of sp³-hybridized carbons (Fsp3) is 0.938. The molecule has 5 aliphatic carbocycles. The molecule has 5 saturated carbocycles. The third-order valence-electron chi connectivity index (χ3n) is 6.30. The summed E-state index contributed by atoms with van der Waals surface area (Å²) in [4.78, 5) is 0. The minimum Gasteiger partial charge on any atom is -0.198 e. The first kappa shape index (κ1) is 10.4. The first-order valence-corrected chi connectivity index (χ1v) is 7.73. The van der Waals surface area contributed by atoms with E-state index in [1.54, 1.807) is 6.42 Å². The second-order valence-corrected chi connectivity index (χ2v) is 7.40. The Kier molecular flexibility index (Phi) is 2.29. The Labute approximate surface area is 105 Å². The highest BCUT2D eigenvalue weighted by molar-refractivity contribution is 5.02. The monoisotopic (exact) mass is 229 g/mol. The van der Waals surface area contributed by atoms with Gasteiger partial charge in [-0.3, -0.25) is 0 Å². The number of hydrogen-bond acceptors (Lipinski definition) is 1. The van der Waals surface area contributed by atoms with Crippen molar-refractivity contribution in [2.45, 2.75) is 51.4 Å². The first-order valence-electron chi connectivity index (χ1n) is 7.73. The summed E-state index contributed by atoms with van der Waals surface area (Å²) >= 11 is 0. The van der Waals surface area contributed by atoms with Crippen molar-refractivity contribution in [1.82, 2.24) is 0 Å². The van der Waals surface area contributed by atoms with Crippen LogP contribution in [-0.4, -0.2) is 0 Å². The van der Waals surface area contributed by atoms with E-state index in [0.717, 1.165) is 35.5 Å². The molecule has 0 aliphatic heterocycles. The number of hydrogen-bond donors (Lipinski definition) is 0. The Bertz CT molecular complexity index is 321. The molecule has 5 aliphatic rings. The molecule has 0 aromatic carbocycles. The summed E-state index contributed by atoms with van der Waals surface area (Å²) in [6.07, 6.45) is 11.5. The average Bonchev–Trinajstić information content (AvgIpc) is 3.12. The van der Waals surface area contributed by atoms with Gasteiger partial charge < -0.3 is 0 Å². The number of rotatable bonds is 3. The van der Waals surface area contributed by atoms with Crippen molar-refractivity contribution >= 4 is 0 Å². The molecule has 1 nitrogen and oxygen atoms in total. The molecule has 0 spiro atoms. The summed E-state index contributed by atoms with van der Waals surface area (Å²) in [6, 6.07) is 2.62. The van der Waals surface area contributed by atoms with Gasteiger partial charge in [-0.1, -0.05) is 0 Å². The normalized spacial score (nSPS) is 49.0. The van der Waals surface area contributed by atoms with Gasteiger partial charge in [0.15, 0.2) is 0 Å². The zero-order valence-corrected chi connectivity index (χ0v) is 10.6. The summed E-state index contributed by atoms with van der Waals surface area (Å²) in [6.45, 7) is 0. The third-order valence-corrected chi connectivity index (χ3v) is 6.30. The summed E-state index contributed by atoms with van der Waals surface area (Å²) in [5, 5.41) is 9.34. The van der Waals surface area contributed by atoms with Crippen molar-refractivity contribution in [1.29, 1.82) is 5.26 Å². The average molecular weight is 229 g/mol. The van der Waals surface area contributed by atoms with Crippen LogP contribution in [0.15, 0.2) is 0 Å². The van der Waals surface area contributed by atoms with Crippen molar-refractivity contribution in [2.24, 2.45) is 41.4 Å². The predicted octanol–water partition coefficient (Wildman–Crippen LogP) is 4.00. The molecule has 1 unspecified atom stereocenters. The number of nitriles is 1. The van der Waals surface area contributed by atoms with Gasteiger partial charge in [0, 0.05) is 5.92 Å². The Morgan fingerprint density at radius 1 is 0.941 bits per heavy atom. The van der Waals surface area contributed by atoms with Gasteiger partial charge in [0.2, 0.25) is 0 Å². The molecule has 5 rings (SSSR count). The second kappa shape index (κ2) is 3.74. The Hall–Kier alpha value is -0.510. The van der Waals surface area contributed by atoms with Crippen LogP contribution >= 0.6 is 0 Å². The van der Waals surface area contributed by atoms with Gasteiger partial charge in [0.25, 0.3) is 0 Å². The van der Waals surface area contributed by atoms with Crippen LogP contribution in [0.3, 0.4) is 0 Å². The fourth-order valence-electron chi connectivity index (χ4n) is 5.57. The topological polar surface area (TPSA) is 23.8 Å². The highest BCUT2D eigenvalue weighted by atomic mass is 14.5. The van der Waals surface area contributed by atoms with Gasteiger partial charge >= 0.3 is 0 Å².